The van der Waals surface area contributed by atoms with E-state index in [1.807, 2.05) is 19.1 Å². The Labute approximate surface area is 146 Å². The van der Waals surface area contributed by atoms with Crippen LogP contribution in [0.1, 0.15) is 18.4 Å². The number of anilines is 1. The summed E-state index contributed by atoms with van der Waals surface area (Å²) >= 11 is 0. The average Bonchev–Trinajstić information content (AvgIpc) is 2.65. The lowest BCUT2D eigenvalue weighted by molar-refractivity contribution is -0.128. The van der Waals surface area contributed by atoms with E-state index >= 15 is 0 Å². The molecule has 0 aliphatic carbocycles. The molecular formula is C19H22N2O4. The molecule has 1 aromatic heterocycles. The van der Waals surface area contributed by atoms with Crippen molar-refractivity contribution in [3.63, 3.8) is 0 Å². The first kappa shape index (κ1) is 17.4. The fourth-order valence-electron chi connectivity index (χ4n) is 2.84. The molecule has 2 aromatic rings. The highest BCUT2D eigenvalue weighted by Crippen LogP contribution is 2.27. The Morgan fingerprint density at radius 2 is 2.16 bits per heavy atom. The number of hydrogen-bond acceptors (Lipinski definition) is 5. The van der Waals surface area contributed by atoms with E-state index in [1.54, 1.807) is 30.6 Å². The van der Waals surface area contributed by atoms with Crippen molar-refractivity contribution in [2.24, 2.45) is 5.92 Å². The van der Waals surface area contributed by atoms with Gasteiger partial charge >= 0.3 is 0 Å². The van der Waals surface area contributed by atoms with Gasteiger partial charge in [-0.05, 0) is 61.6 Å². The van der Waals surface area contributed by atoms with Crippen LogP contribution in [0, 0.1) is 12.8 Å². The normalized spacial score (nSPS) is 16.2. The summed E-state index contributed by atoms with van der Waals surface area (Å²) in [5, 5.41) is 13.0. The van der Waals surface area contributed by atoms with Crippen LogP contribution in [0.5, 0.6) is 11.5 Å². The van der Waals surface area contributed by atoms with Gasteiger partial charge in [0.15, 0.2) is 0 Å². The van der Waals surface area contributed by atoms with Crippen LogP contribution in [0.3, 0.4) is 0 Å². The lowest BCUT2D eigenvalue weighted by Gasteiger charge is -2.26. The van der Waals surface area contributed by atoms with Crippen LogP contribution in [0.25, 0.3) is 0 Å². The van der Waals surface area contributed by atoms with Crippen LogP contribution in [0.15, 0.2) is 42.7 Å². The minimum Gasteiger partial charge on any atom is -0.455 e. The number of pyridine rings is 1. The summed E-state index contributed by atoms with van der Waals surface area (Å²) in [5.74, 6) is 0.906. The van der Waals surface area contributed by atoms with Crippen LogP contribution in [0.2, 0.25) is 0 Å². The van der Waals surface area contributed by atoms with Gasteiger partial charge in [-0.25, -0.2) is 0 Å². The van der Waals surface area contributed by atoms with Crippen molar-refractivity contribution in [2.75, 3.05) is 18.5 Å². The average molecular weight is 342 g/mol. The van der Waals surface area contributed by atoms with Crippen LogP contribution in [0.4, 0.5) is 5.69 Å². The van der Waals surface area contributed by atoms with E-state index in [9.17, 15) is 9.90 Å². The molecule has 3 rings (SSSR count). The van der Waals surface area contributed by atoms with Gasteiger partial charge in [-0.2, -0.15) is 0 Å². The van der Waals surface area contributed by atoms with E-state index in [0.29, 0.717) is 43.2 Å². The van der Waals surface area contributed by atoms with Gasteiger partial charge in [-0.15, -0.1) is 0 Å². The van der Waals surface area contributed by atoms with E-state index in [-0.39, 0.29) is 11.8 Å². The van der Waals surface area contributed by atoms with Crippen molar-refractivity contribution in [1.29, 1.82) is 0 Å². The fourth-order valence-corrected chi connectivity index (χ4v) is 2.84. The Balaban J connectivity index is 1.63. The maximum atomic E-state index is 12.3. The highest BCUT2D eigenvalue weighted by atomic mass is 16.5. The first-order chi connectivity index (χ1) is 12.1. The molecule has 1 aliphatic heterocycles. The molecule has 0 unspecified atom stereocenters. The number of nitrogens with one attached hydrogen (secondary N) is 1. The van der Waals surface area contributed by atoms with Crippen LogP contribution in [-0.2, 0) is 9.53 Å². The highest BCUT2D eigenvalue weighted by Gasteiger charge is 2.27. The highest BCUT2D eigenvalue weighted by molar-refractivity contribution is 5.94. The molecule has 25 heavy (non-hydrogen) atoms. The number of ether oxygens (including phenoxy) is 2. The lowest BCUT2D eigenvalue weighted by Crippen LogP contribution is -2.37. The zero-order valence-corrected chi connectivity index (χ0v) is 14.1. The number of aliphatic hydroxyl groups excluding tert-OH is 1. The van der Waals surface area contributed by atoms with Gasteiger partial charge in [0.25, 0.3) is 5.91 Å². The van der Waals surface area contributed by atoms with Gasteiger partial charge in [0.1, 0.15) is 17.6 Å². The molecule has 1 amide bonds. The molecule has 0 saturated carbocycles. The largest absolute Gasteiger partial charge is 0.455 e. The molecule has 1 atom stereocenters. The quantitative estimate of drug-likeness (QED) is 0.873. The maximum absolute atomic E-state index is 12.3. The van der Waals surface area contributed by atoms with Gasteiger partial charge in [-0.1, -0.05) is 0 Å². The second-order valence-corrected chi connectivity index (χ2v) is 6.15. The van der Waals surface area contributed by atoms with Crippen LogP contribution < -0.4 is 10.1 Å². The molecular weight excluding hydrogens is 320 g/mol. The molecule has 2 heterocycles. The Kier molecular flexibility index (Phi) is 5.63. The van der Waals surface area contributed by atoms with Gasteiger partial charge < -0.3 is 19.9 Å². The van der Waals surface area contributed by atoms with E-state index in [1.165, 1.54) is 0 Å². The number of hydrogen-bond donors (Lipinski definition) is 2. The van der Waals surface area contributed by atoms with Gasteiger partial charge in [0, 0.05) is 25.1 Å². The summed E-state index contributed by atoms with van der Waals surface area (Å²) < 4.78 is 11.0. The number of aromatic nitrogens is 1. The molecule has 132 valence electrons. The van der Waals surface area contributed by atoms with Gasteiger partial charge in [0.2, 0.25) is 0 Å². The molecule has 0 spiro atoms. The minimum absolute atomic E-state index is 0.0527. The number of nitrogens with zero attached hydrogens (tertiary/aromatic N) is 1. The summed E-state index contributed by atoms with van der Waals surface area (Å²) in [4.78, 5) is 16.3. The second-order valence-electron chi connectivity index (χ2n) is 6.15. The molecule has 1 aliphatic rings. The Morgan fingerprint density at radius 1 is 1.36 bits per heavy atom. The van der Waals surface area contributed by atoms with Crippen molar-refractivity contribution in [1.82, 2.24) is 4.98 Å². The van der Waals surface area contributed by atoms with E-state index in [0.717, 1.165) is 5.56 Å². The Hall–Kier alpha value is -2.44. The predicted molar refractivity (Wildman–Crippen MR) is 93.7 cm³/mol. The summed E-state index contributed by atoms with van der Waals surface area (Å²) in [7, 11) is 0. The van der Waals surface area contributed by atoms with Crippen molar-refractivity contribution in [3.05, 3.63) is 48.3 Å². The molecule has 6 heteroatoms. The maximum Gasteiger partial charge on any atom is 0.253 e. The molecule has 2 N–H and O–H groups in total. The number of aryl methyl sites for hydroxylation is 1. The summed E-state index contributed by atoms with van der Waals surface area (Å²) in [5.41, 5.74) is 1.51. The molecule has 1 saturated heterocycles. The third-order valence-corrected chi connectivity index (χ3v) is 4.29. The topological polar surface area (TPSA) is 80.7 Å². The third kappa shape index (κ3) is 4.55. The number of carbonyl (C=O) groups is 1. The zero-order chi connectivity index (χ0) is 17.6. The summed E-state index contributed by atoms with van der Waals surface area (Å²) in [6.45, 7) is 3.08. The predicted octanol–water partition coefficient (Wildman–Crippen LogP) is 2.91. The first-order valence-corrected chi connectivity index (χ1v) is 8.38. The number of aliphatic hydroxyl groups is 1. The Morgan fingerprint density at radius 3 is 2.84 bits per heavy atom. The summed E-state index contributed by atoms with van der Waals surface area (Å²) in [6, 6.07) is 9.00. The van der Waals surface area contributed by atoms with Crippen molar-refractivity contribution in [3.8, 4) is 11.5 Å². The number of amides is 1. The number of rotatable bonds is 5. The number of carbonyl (C=O) groups excluding carboxylic acids is 1. The monoisotopic (exact) mass is 342 g/mol. The smallest absolute Gasteiger partial charge is 0.253 e. The molecule has 0 bridgehead atoms. The van der Waals surface area contributed by atoms with Gasteiger partial charge in [0.05, 0.1) is 6.20 Å². The molecule has 1 fully saturated rings. The molecule has 6 nitrogen and oxygen atoms in total. The molecule has 0 radical (unpaired) electrons. The van der Waals surface area contributed by atoms with E-state index in [2.05, 4.69) is 10.3 Å². The first-order valence-electron chi connectivity index (χ1n) is 8.38. The van der Waals surface area contributed by atoms with Gasteiger partial charge in [-0.3, -0.25) is 9.78 Å². The molecule has 1 aromatic carbocycles. The van der Waals surface area contributed by atoms with Crippen LogP contribution in [-0.4, -0.2) is 35.3 Å². The van der Waals surface area contributed by atoms with Crippen LogP contribution >= 0.6 is 0 Å². The second kappa shape index (κ2) is 8.09. The van der Waals surface area contributed by atoms with Crippen molar-refractivity contribution in [2.45, 2.75) is 25.9 Å². The third-order valence-electron chi connectivity index (χ3n) is 4.29. The number of benzene rings is 1. The van der Waals surface area contributed by atoms with E-state index in [4.69, 9.17) is 9.47 Å². The minimum atomic E-state index is -1.02. The fraction of sp³-hybridized carbons (Fsp3) is 0.368. The van der Waals surface area contributed by atoms with E-state index < -0.39 is 6.10 Å². The lowest BCUT2D eigenvalue weighted by atomic mass is 9.93. The SMILES string of the molecule is Cc1cc(NC(=O)[C@@H](O)C2CCOCC2)ccc1Oc1cccnc1. The van der Waals surface area contributed by atoms with Crippen molar-refractivity contribution < 1.29 is 19.4 Å². The Bertz CT molecular complexity index is 715. The summed E-state index contributed by atoms with van der Waals surface area (Å²) in [6.07, 6.45) is 3.70. The van der Waals surface area contributed by atoms with Crippen molar-refractivity contribution >= 4 is 11.6 Å². The zero-order valence-electron chi connectivity index (χ0n) is 14.1. The standard InChI is InChI=1S/C19H22N2O4/c1-13-11-15(4-5-17(13)25-16-3-2-8-20-12-16)21-19(23)18(22)14-6-9-24-10-7-14/h2-5,8,11-12,14,18,22H,6-7,9-10H2,1H3,(H,21,23)/t18-/m0/s1.